The van der Waals surface area contributed by atoms with Crippen LogP contribution in [0.4, 0.5) is 11.8 Å². The van der Waals surface area contributed by atoms with Crippen LogP contribution >= 0.6 is 0 Å². The number of rotatable bonds is 7. The van der Waals surface area contributed by atoms with Gasteiger partial charge in [0.25, 0.3) is 0 Å². The number of carbonyl (C=O) groups excluding carboxylic acids is 1. The first-order valence-corrected chi connectivity index (χ1v) is 10.8. The zero-order valence-electron chi connectivity index (χ0n) is 18.9. The summed E-state index contributed by atoms with van der Waals surface area (Å²) in [5.41, 5.74) is 8.08. The lowest BCUT2D eigenvalue weighted by Gasteiger charge is -2.35. The monoisotopic (exact) mass is 452 g/mol. The smallest absolute Gasteiger partial charge is 0.239 e. The molecule has 1 fully saturated rings. The van der Waals surface area contributed by atoms with E-state index in [4.69, 9.17) is 25.2 Å². The number of carbonyl (C=O) groups is 1. The van der Waals surface area contributed by atoms with Gasteiger partial charge in [-0.2, -0.15) is 9.97 Å². The van der Waals surface area contributed by atoms with Crippen molar-refractivity contribution in [3.8, 4) is 17.0 Å². The van der Waals surface area contributed by atoms with Gasteiger partial charge in [0, 0.05) is 17.7 Å². The molecule has 10 nitrogen and oxygen atoms in total. The van der Waals surface area contributed by atoms with Crippen molar-refractivity contribution in [1.82, 2.24) is 15.0 Å². The highest BCUT2D eigenvalue weighted by atomic mass is 16.5. The molecule has 0 radical (unpaired) electrons. The van der Waals surface area contributed by atoms with Crippen LogP contribution < -0.4 is 20.7 Å². The largest absolute Gasteiger partial charge is 0.496 e. The number of hydrogen-bond donors (Lipinski definition) is 3. The lowest BCUT2D eigenvalue weighted by molar-refractivity contribution is -0.118. The maximum absolute atomic E-state index is 11.6. The zero-order chi connectivity index (χ0) is 23.5. The second-order valence-corrected chi connectivity index (χ2v) is 8.01. The minimum Gasteiger partial charge on any atom is -0.496 e. The molecule has 2 aromatic heterocycles. The summed E-state index contributed by atoms with van der Waals surface area (Å²) in [6, 6.07) is 8.85. The van der Waals surface area contributed by atoms with Crippen molar-refractivity contribution in [1.29, 1.82) is 0 Å². The van der Waals surface area contributed by atoms with Gasteiger partial charge in [-0.05, 0) is 44.2 Å². The van der Waals surface area contributed by atoms with E-state index < -0.39 is 11.9 Å². The third kappa shape index (κ3) is 4.67. The van der Waals surface area contributed by atoms with E-state index in [0.29, 0.717) is 42.4 Å². The van der Waals surface area contributed by atoms with Gasteiger partial charge < -0.3 is 30.5 Å². The molecule has 4 N–H and O–H groups in total. The number of ether oxygens (including phenoxy) is 2. The fourth-order valence-corrected chi connectivity index (χ4v) is 3.81. The Balaban J connectivity index is 1.83. The van der Waals surface area contributed by atoms with Gasteiger partial charge in [-0.3, -0.25) is 4.79 Å². The molecule has 174 valence electrons. The van der Waals surface area contributed by atoms with Gasteiger partial charge in [0.15, 0.2) is 5.65 Å². The summed E-state index contributed by atoms with van der Waals surface area (Å²) in [6.45, 7) is 5.44. The number of benzene rings is 1. The fourth-order valence-electron chi connectivity index (χ4n) is 3.81. The number of primary amides is 1. The minimum atomic E-state index is -0.644. The third-order valence-electron chi connectivity index (χ3n) is 5.70. The lowest BCUT2D eigenvalue weighted by atomic mass is 10.1. The van der Waals surface area contributed by atoms with Crippen molar-refractivity contribution in [3.63, 3.8) is 0 Å². The highest BCUT2D eigenvalue weighted by Gasteiger charge is 2.24. The Morgan fingerprint density at radius 3 is 2.85 bits per heavy atom. The molecule has 0 spiro atoms. The van der Waals surface area contributed by atoms with Crippen LogP contribution in [0.25, 0.3) is 22.3 Å². The Bertz CT molecular complexity index is 1170. The van der Waals surface area contributed by atoms with Crippen molar-refractivity contribution < 1.29 is 19.4 Å². The summed E-state index contributed by atoms with van der Waals surface area (Å²) >= 11 is 0. The maximum atomic E-state index is 11.6. The second-order valence-electron chi connectivity index (χ2n) is 8.01. The van der Waals surface area contributed by atoms with Crippen LogP contribution in [0.15, 0.2) is 30.3 Å². The fraction of sp³-hybridized carbons (Fsp3) is 0.391. The number of anilines is 2. The van der Waals surface area contributed by atoms with E-state index in [2.05, 4.69) is 22.1 Å². The lowest BCUT2D eigenvalue weighted by Crippen LogP contribution is -2.44. The van der Waals surface area contributed by atoms with E-state index in [1.165, 1.54) is 0 Å². The van der Waals surface area contributed by atoms with Crippen molar-refractivity contribution in [2.24, 2.45) is 5.73 Å². The summed E-state index contributed by atoms with van der Waals surface area (Å²) in [4.78, 5) is 27.8. The topological polar surface area (TPSA) is 136 Å². The van der Waals surface area contributed by atoms with Crippen LogP contribution in [-0.4, -0.2) is 64.9 Å². The van der Waals surface area contributed by atoms with E-state index in [9.17, 15) is 9.90 Å². The van der Waals surface area contributed by atoms with E-state index in [1.54, 1.807) is 20.1 Å². The average molecular weight is 453 g/mol. The number of morpholine rings is 1. The number of aliphatic hydroxyl groups excluding tert-OH is 1. The molecule has 2 atom stereocenters. The van der Waals surface area contributed by atoms with Crippen LogP contribution in [0, 0.1) is 0 Å². The number of fused-ring (bicyclic) bond motifs is 1. The molecule has 3 heterocycles. The highest BCUT2D eigenvalue weighted by molar-refractivity contribution is 5.90. The van der Waals surface area contributed by atoms with E-state index in [0.717, 1.165) is 16.8 Å². The van der Waals surface area contributed by atoms with Gasteiger partial charge in [-0.25, -0.2) is 4.98 Å². The Morgan fingerprint density at radius 2 is 2.15 bits per heavy atom. The molecule has 3 aromatic rings. The predicted molar refractivity (Wildman–Crippen MR) is 125 cm³/mol. The first-order chi connectivity index (χ1) is 15.9. The van der Waals surface area contributed by atoms with Gasteiger partial charge >= 0.3 is 0 Å². The molecule has 1 saturated heterocycles. The number of amides is 1. The SMILES string of the molecule is COc1ccc(-c2ccc3c(N4CCOC[C@@H]4C)nc(N[C@H](C)C(N)=O)nc3n2)cc1CO. The second kappa shape index (κ2) is 9.55. The number of nitrogens with zero attached hydrogens (tertiary/aromatic N) is 4. The van der Waals surface area contributed by atoms with Crippen LogP contribution in [0.5, 0.6) is 5.75 Å². The van der Waals surface area contributed by atoms with Crippen LogP contribution in [0.1, 0.15) is 19.4 Å². The molecule has 1 aromatic carbocycles. The molecule has 1 aliphatic rings. The van der Waals surface area contributed by atoms with Crippen molar-refractivity contribution >= 4 is 28.7 Å². The maximum Gasteiger partial charge on any atom is 0.239 e. The molecule has 0 saturated carbocycles. The molecule has 1 amide bonds. The van der Waals surface area contributed by atoms with E-state index >= 15 is 0 Å². The quantitative estimate of drug-likeness (QED) is 0.489. The Morgan fingerprint density at radius 1 is 1.33 bits per heavy atom. The Hall–Kier alpha value is -3.50. The number of methoxy groups -OCH3 is 1. The van der Waals surface area contributed by atoms with Gasteiger partial charge in [0.1, 0.15) is 17.6 Å². The molecule has 0 unspecified atom stereocenters. The van der Waals surface area contributed by atoms with E-state index in [1.807, 2.05) is 24.3 Å². The normalized spacial score (nSPS) is 17.1. The Kier molecular flexibility index (Phi) is 6.57. The molecule has 33 heavy (non-hydrogen) atoms. The number of hydrogen-bond acceptors (Lipinski definition) is 9. The van der Waals surface area contributed by atoms with Crippen molar-refractivity contribution in [2.75, 3.05) is 37.1 Å². The molecule has 0 bridgehead atoms. The molecule has 10 heteroatoms. The van der Waals surface area contributed by atoms with Crippen LogP contribution in [-0.2, 0) is 16.1 Å². The highest BCUT2D eigenvalue weighted by Crippen LogP contribution is 2.31. The molecule has 1 aliphatic heterocycles. The van der Waals surface area contributed by atoms with Crippen LogP contribution in [0.3, 0.4) is 0 Å². The third-order valence-corrected chi connectivity index (χ3v) is 5.70. The summed E-state index contributed by atoms with van der Waals surface area (Å²) in [6.07, 6.45) is 0. The van der Waals surface area contributed by atoms with Gasteiger partial charge in [-0.1, -0.05) is 0 Å². The summed E-state index contributed by atoms with van der Waals surface area (Å²) in [5, 5.41) is 13.4. The summed E-state index contributed by atoms with van der Waals surface area (Å²) in [7, 11) is 1.56. The number of nitrogens with one attached hydrogen (secondary N) is 1. The first-order valence-electron chi connectivity index (χ1n) is 10.8. The van der Waals surface area contributed by atoms with Crippen molar-refractivity contribution in [2.45, 2.75) is 32.5 Å². The predicted octanol–water partition coefficient (Wildman–Crippen LogP) is 1.70. The molecular formula is C23H28N6O4. The average Bonchev–Trinajstić information content (AvgIpc) is 2.83. The molecular weight excluding hydrogens is 424 g/mol. The molecule has 0 aliphatic carbocycles. The standard InChI is InChI=1S/C23H28N6O4/c1-13-12-33-9-8-29(13)22-17-5-6-18(15-4-7-19(32-3)16(10-15)11-30)26-21(17)27-23(28-22)25-14(2)20(24)31/h4-7,10,13-14,30H,8-9,11-12H2,1-3H3,(H2,24,31)(H,25,26,27,28)/t13-,14+/m0/s1. The molecule has 4 rings (SSSR count). The number of aromatic nitrogens is 3. The van der Waals surface area contributed by atoms with Crippen LogP contribution in [0.2, 0.25) is 0 Å². The summed E-state index contributed by atoms with van der Waals surface area (Å²) < 4.78 is 10.9. The van der Waals surface area contributed by atoms with Gasteiger partial charge in [0.2, 0.25) is 11.9 Å². The van der Waals surface area contributed by atoms with Gasteiger partial charge in [-0.15, -0.1) is 0 Å². The zero-order valence-corrected chi connectivity index (χ0v) is 18.9. The van der Waals surface area contributed by atoms with Gasteiger partial charge in [0.05, 0.1) is 44.1 Å². The number of aliphatic hydroxyl groups is 1. The van der Waals surface area contributed by atoms with E-state index in [-0.39, 0.29) is 18.6 Å². The number of nitrogens with two attached hydrogens (primary N) is 1. The minimum absolute atomic E-state index is 0.117. The van der Waals surface area contributed by atoms with Crippen molar-refractivity contribution in [3.05, 3.63) is 35.9 Å². The number of pyridine rings is 1. The first kappa shape index (κ1) is 22.7. The summed E-state index contributed by atoms with van der Waals surface area (Å²) in [5.74, 6) is 1.11. The Labute approximate surface area is 191 Å².